The van der Waals surface area contributed by atoms with Gasteiger partial charge in [0.05, 0.1) is 11.4 Å². The molecule has 4 nitrogen and oxygen atoms in total. The van der Waals surface area contributed by atoms with E-state index < -0.39 is 16.0 Å². The molecule has 1 N–H and O–H groups in total. The first-order chi connectivity index (χ1) is 11.2. The zero-order valence-corrected chi connectivity index (χ0v) is 16.4. The second-order valence-electron chi connectivity index (χ2n) is 6.92. The van der Waals surface area contributed by atoms with Crippen molar-refractivity contribution in [3.8, 4) is 10.6 Å². The number of hydrogen-bond acceptors (Lipinski definition) is 4. The summed E-state index contributed by atoms with van der Waals surface area (Å²) < 4.78 is 12.4. The average molecular weight is 365 g/mol. The minimum absolute atomic E-state index is 0.185. The topological polar surface area (TPSA) is 59.1 Å². The largest absolute Gasteiger partial charge is 0.350 e. The van der Waals surface area contributed by atoms with E-state index >= 15 is 0 Å². The van der Waals surface area contributed by atoms with Gasteiger partial charge in [-0.05, 0) is 34.6 Å². The molecule has 2 rings (SSSR count). The summed E-state index contributed by atoms with van der Waals surface area (Å²) >= 11 is 1.53. The van der Waals surface area contributed by atoms with Gasteiger partial charge in [0, 0.05) is 27.3 Å². The Kier molecular flexibility index (Phi) is 5.93. The number of amides is 1. The summed E-state index contributed by atoms with van der Waals surface area (Å²) in [6.45, 7) is 9.48. The van der Waals surface area contributed by atoms with Gasteiger partial charge in [0.1, 0.15) is 10.3 Å². The van der Waals surface area contributed by atoms with Crippen LogP contribution in [0.4, 0.5) is 0 Å². The van der Waals surface area contributed by atoms with Crippen molar-refractivity contribution >= 4 is 28.0 Å². The van der Waals surface area contributed by atoms with E-state index in [1.165, 1.54) is 16.9 Å². The number of aromatic nitrogens is 1. The van der Waals surface area contributed by atoms with E-state index in [0.29, 0.717) is 5.75 Å². The summed E-state index contributed by atoms with van der Waals surface area (Å²) in [6, 6.07) is 8.17. The molecule has 0 fully saturated rings. The predicted molar refractivity (Wildman–Crippen MR) is 101 cm³/mol. The van der Waals surface area contributed by atoms with Crippen LogP contribution >= 0.6 is 11.3 Å². The second kappa shape index (κ2) is 7.57. The van der Waals surface area contributed by atoms with E-state index in [1.54, 1.807) is 6.92 Å². The number of carbonyl (C=O) groups excluding carboxylic acids is 1. The molecule has 130 valence electrons. The monoisotopic (exact) mass is 364 g/mol. The number of hydrogen-bond donors (Lipinski definition) is 1. The molecule has 24 heavy (non-hydrogen) atoms. The maximum absolute atomic E-state index is 12.4. The van der Waals surface area contributed by atoms with Crippen LogP contribution in [0.25, 0.3) is 10.6 Å². The van der Waals surface area contributed by atoms with E-state index in [4.69, 9.17) is 0 Å². The van der Waals surface area contributed by atoms with E-state index in [0.717, 1.165) is 16.3 Å². The molecule has 1 aromatic carbocycles. The maximum Gasteiger partial charge on any atom is 0.235 e. The van der Waals surface area contributed by atoms with Crippen LogP contribution in [-0.2, 0) is 21.3 Å². The fourth-order valence-electron chi connectivity index (χ4n) is 2.06. The van der Waals surface area contributed by atoms with Crippen molar-refractivity contribution in [3.05, 3.63) is 40.9 Å². The number of carbonyl (C=O) groups is 1. The number of nitrogens with one attached hydrogen (secondary N) is 1. The SMILES string of the molecule is Cc1ccc(-c2nc(C[S@@](=O)[C@@H](C)C(=O)NC(C)(C)C)cs2)cc1. The first-order valence-electron chi connectivity index (χ1n) is 7.86. The van der Waals surface area contributed by atoms with Crippen LogP contribution in [0.15, 0.2) is 29.6 Å². The lowest BCUT2D eigenvalue weighted by atomic mass is 10.1. The first-order valence-corrected chi connectivity index (χ1v) is 10.1. The van der Waals surface area contributed by atoms with Crippen molar-refractivity contribution in [2.75, 3.05) is 0 Å². The summed E-state index contributed by atoms with van der Waals surface area (Å²) in [7, 11) is -1.30. The Labute approximate surface area is 150 Å². The zero-order valence-electron chi connectivity index (χ0n) is 14.8. The van der Waals surface area contributed by atoms with Crippen LogP contribution in [0.1, 0.15) is 39.0 Å². The summed E-state index contributed by atoms with van der Waals surface area (Å²) in [5.74, 6) is 0.107. The Morgan fingerprint density at radius 1 is 1.29 bits per heavy atom. The number of thiazole rings is 1. The van der Waals surface area contributed by atoms with Crippen molar-refractivity contribution < 1.29 is 9.00 Å². The van der Waals surface area contributed by atoms with Crippen molar-refractivity contribution in [1.82, 2.24) is 10.3 Å². The van der Waals surface area contributed by atoms with Gasteiger partial charge in [0.15, 0.2) is 0 Å². The predicted octanol–water partition coefficient (Wildman–Crippen LogP) is 3.67. The molecular weight excluding hydrogens is 340 g/mol. The summed E-state index contributed by atoms with van der Waals surface area (Å²) in [5.41, 5.74) is 2.70. The molecule has 0 spiro atoms. The molecule has 0 aliphatic carbocycles. The van der Waals surface area contributed by atoms with Crippen LogP contribution in [0.5, 0.6) is 0 Å². The molecule has 1 heterocycles. The Morgan fingerprint density at radius 2 is 1.92 bits per heavy atom. The Hall–Kier alpha value is -1.53. The van der Waals surface area contributed by atoms with Crippen molar-refractivity contribution in [1.29, 1.82) is 0 Å². The Bertz CT molecular complexity index is 730. The van der Waals surface area contributed by atoms with Crippen molar-refractivity contribution in [2.24, 2.45) is 0 Å². The van der Waals surface area contributed by atoms with Gasteiger partial charge in [-0.1, -0.05) is 29.8 Å². The molecule has 0 aliphatic heterocycles. The van der Waals surface area contributed by atoms with Gasteiger partial charge in [-0.2, -0.15) is 0 Å². The van der Waals surface area contributed by atoms with Crippen molar-refractivity contribution in [3.63, 3.8) is 0 Å². The minimum Gasteiger partial charge on any atom is -0.350 e. The van der Waals surface area contributed by atoms with Gasteiger partial charge >= 0.3 is 0 Å². The van der Waals surface area contributed by atoms with Gasteiger partial charge in [0.25, 0.3) is 0 Å². The Balaban J connectivity index is 2.02. The third kappa shape index (κ3) is 5.24. The highest BCUT2D eigenvalue weighted by Gasteiger charge is 2.24. The molecule has 0 aliphatic rings. The lowest BCUT2D eigenvalue weighted by Gasteiger charge is -2.22. The number of benzene rings is 1. The molecule has 0 radical (unpaired) electrons. The fraction of sp³-hybridized carbons (Fsp3) is 0.444. The summed E-state index contributed by atoms with van der Waals surface area (Å²) in [5, 5.41) is 5.14. The van der Waals surface area contributed by atoms with E-state index in [-0.39, 0.29) is 11.4 Å². The molecule has 0 bridgehead atoms. The van der Waals surface area contributed by atoms with Crippen LogP contribution in [-0.4, -0.2) is 25.9 Å². The molecule has 1 amide bonds. The standard InChI is InChI=1S/C18H24N2O2S2/c1-12-6-8-14(9-7-12)17-19-15(10-23-17)11-24(22)13(2)16(21)20-18(3,4)5/h6-10,13H,11H2,1-5H3,(H,20,21)/t13-,24+/m0/s1. The van der Waals surface area contributed by atoms with Gasteiger partial charge in [-0.25, -0.2) is 4.98 Å². The smallest absolute Gasteiger partial charge is 0.235 e. The normalized spacial score (nSPS) is 14.2. The zero-order chi connectivity index (χ0) is 17.9. The fourth-order valence-corrected chi connectivity index (χ4v) is 3.98. The number of nitrogens with zero attached hydrogens (tertiary/aromatic N) is 1. The second-order valence-corrected chi connectivity index (χ2v) is 9.53. The van der Waals surface area contributed by atoms with Crippen LogP contribution in [0, 0.1) is 6.92 Å². The molecular formula is C18H24N2O2S2. The van der Waals surface area contributed by atoms with Gasteiger partial charge in [-0.3, -0.25) is 9.00 Å². The molecule has 0 saturated carbocycles. The van der Waals surface area contributed by atoms with E-state index in [1.807, 2.05) is 57.3 Å². The Morgan fingerprint density at radius 3 is 2.50 bits per heavy atom. The number of aryl methyl sites for hydroxylation is 1. The van der Waals surface area contributed by atoms with Crippen LogP contribution in [0.2, 0.25) is 0 Å². The van der Waals surface area contributed by atoms with Gasteiger partial charge < -0.3 is 5.32 Å². The highest BCUT2D eigenvalue weighted by atomic mass is 32.2. The van der Waals surface area contributed by atoms with Crippen LogP contribution in [0.3, 0.4) is 0 Å². The number of rotatable bonds is 5. The van der Waals surface area contributed by atoms with E-state index in [9.17, 15) is 9.00 Å². The molecule has 2 atom stereocenters. The maximum atomic E-state index is 12.4. The molecule has 0 unspecified atom stereocenters. The molecule has 2 aromatic rings. The minimum atomic E-state index is -1.30. The summed E-state index contributed by atoms with van der Waals surface area (Å²) in [6.07, 6.45) is 0. The highest BCUT2D eigenvalue weighted by molar-refractivity contribution is 7.85. The van der Waals surface area contributed by atoms with Crippen molar-refractivity contribution in [2.45, 2.75) is 51.2 Å². The average Bonchev–Trinajstić information content (AvgIpc) is 2.93. The first kappa shape index (κ1) is 18.8. The lowest BCUT2D eigenvalue weighted by Crippen LogP contribution is -2.46. The lowest BCUT2D eigenvalue weighted by molar-refractivity contribution is -0.121. The third-order valence-corrected chi connectivity index (χ3v) is 5.93. The molecule has 0 saturated heterocycles. The van der Waals surface area contributed by atoms with Crippen LogP contribution < -0.4 is 5.32 Å². The molecule has 6 heteroatoms. The quantitative estimate of drug-likeness (QED) is 0.880. The third-order valence-electron chi connectivity index (χ3n) is 3.40. The van der Waals surface area contributed by atoms with Gasteiger partial charge in [0.2, 0.25) is 5.91 Å². The summed E-state index contributed by atoms with van der Waals surface area (Å²) in [4.78, 5) is 16.7. The highest BCUT2D eigenvalue weighted by Crippen LogP contribution is 2.24. The van der Waals surface area contributed by atoms with Gasteiger partial charge in [-0.15, -0.1) is 11.3 Å². The molecule has 1 aromatic heterocycles. The van der Waals surface area contributed by atoms with E-state index in [2.05, 4.69) is 10.3 Å².